The molecule has 0 spiro atoms. The molecule has 0 aromatic carbocycles. The summed E-state index contributed by atoms with van der Waals surface area (Å²) >= 11 is 5.74. The van der Waals surface area contributed by atoms with Crippen LogP contribution >= 0.6 is 24.0 Å². The Morgan fingerprint density at radius 2 is 1.81 bits per heavy atom. The number of thiophene rings is 1. The molecule has 2 heterocycles. The van der Waals surface area contributed by atoms with E-state index in [1.807, 2.05) is 16.3 Å². The summed E-state index contributed by atoms with van der Waals surface area (Å²) in [6.45, 7) is 1.83. The molecule has 1 aliphatic heterocycles. The normalized spacial score (nSPS) is 17.9. The molecular formula is C12H17NOS2. The third-order valence-corrected chi connectivity index (χ3v) is 4.29. The molecule has 1 aromatic rings. The number of amides is 1. The Bertz CT molecular complexity index is 354. The smallest absolute Gasteiger partial charge is 0.263 e. The average molecular weight is 255 g/mol. The maximum Gasteiger partial charge on any atom is 0.263 e. The van der Waals surface area contributed by atoms with Crippen molar-refractivity contribution in [2.45, 2.75) is 37.0 Å². The molecule has 0 atom stereocenters. The average Bonchev–Trinajstić information content (AvgIpc) is 2.63. The van der Waals surface area contributed by atoms with Gasteiger partial charge in [-0.15, -0.1) is 24.0 Å². The third kappa shape index (κ3) is 3.01. The van der Waals surface area contributed by atoms with Gasteiger partial charge in [0.25, 0.3) is 5.91 Å². The first-order chi connectivity index (χ1) is 7.77. The lowest BCUT2D eigenvalue weighted by atomic mass is 10.1. The molecule has 16 heavy (non-hydrogen) atoms. The van der Waals surface area contributed by atoms with Gasteiger partial charge < -0.3 is 4.90 Å². The summed E-state index contributed by atoms with van der Waals surface area (Å²) < 4.78 is 0. The Hall–Kier alpha value is -0.480. The fourth-order valence-electron chi connectivity index (χ4n) is 2.04. The van der Waals surface area contributed by atoms with Crippen LogP contribution in [0.15, 0.2) is 16.3 Å². The van der Waals surface area contributed by atoms with E-state index in [1.165, 1.54) is 30.6 Å². The second-order valence-corrected chi connectivity index (χ2v) is 5.66. The molecule has 1 aliphatic rings. The van der Waals surface area contributed by atoms with E-state index in [1.54, 1.807) is 0 Å². The molecule has 88 valence electrons. The molecule has 1 fully saturated rings. The van der Waals surface area contributed by atoms with E-state index in [9.17, 15) is 4.79 Å². The van der Waals surface area contributed by atoms with Crippen LogP contribution in [0.2, 0.25) is 0 Å². The number of carbonyl (C=O) groups is 1. The van der Waals surface area contributed by atoms with Crippen molar-refractivity contribution >= 4 is 29.9 Å². The number of rotatable bonds is 1. The van der Waals surface area contributed by atoms with E-state index in [0.29, 0.717) is 0 Å². The van der Waals surface area contributed by atoms with E-state index in [-0.39, 0.29) is 5.91 Å². The minimum absolute atomic E-state index is 0.187. The van der Waals surface area contributed by atoms with E-state index in [4.69, 9.17) is 0 Å². The van der Waals surface area contributed by atoms with Gasteiger partial charge in [-0.05, 0) is 18.9 Å². The lowest BCUT2D eigenvalue weighted by Crippen LogP contribution is -2.33. The van der Waals surface area contributed by atoms with Crippen molar-refractivity contribution in [3.8, 4) is 0 Å². The summed E-state index contributed by atoms with van der Waals surface area (Å²) in [5.74, 6) is 0.187. The van der Waals surface area contributed by atoms with E-state index >= 15 is 0 Å². The van der Waals surface area contributed by atoms with Gasteiger partial charge in [-0.2, -0.15) is 0 Å². The molecule has 2 nitrogen and oxygen atoms in total. The molecule has 1 aromatic heterocycles. The van der Waals surface area contributed by atoms with Crippen molar-refractivity contribution in [3.63, 3.8) is 0 Å². The van der Waals surface area contributed by atoms with Gasteiger partial charge in [-0.3, -0.25) is 4.79 Å². The van der Waals surface area contributed by atoms with E-state index in [0.717, 1.165) is 35.7 Å². The first kappa shape index (κ1) is 12.0. The fourth-order valence-corrected chi connectivity index (χ4v) is 3.16. The molecule has 0 aliphatic carbocycles. The van der Waals surface area contributed by atoms with Crippen LogP contribution in [0.3, 0.4) is 0 Å². The SMILES string of the molecule is O=C(c1cc(S)cs1)N1CCCCCCC1. The Morgan fingerprint density at radius 1 is 1.19 bits per heavy atom. The zero-order chi connectivity index (χ0) is 11.4. The number of nitrogens with zero attached hydrogens (tertiary/aromatic N) is 1. The zero-order valence-electron chi connectivity index (χ0n) is 9.32. The van der Waals surface area contributed by atoms with Crippen LogP contribution in [0.1, 0.15) is 41.8 Å². The van der Waals surface area contributed by atoms with Crippen molar-refractivity contribution in [1.29, 1.82) is 0 Å². The Morgan fingerprint density at radius 3 is 2.38 bits per heavy atom. The van der Waals surface area contributed by atoms with Crippen molar-refractivity contribution < 1.29 is 4.79 Å². The number of thiol groups is 1. The monoisotopic (exact) mass is 255 g/mol. The first-order valence-corrected chi connectivity index (χ1v) is 7.17. The minimum Gasteiger partial charge on any atom is -0.338 e. The predicted molar refractivity (Wildman–Crippen MR) is 70.6 cm³/mol. The van der Waals surface area contributed by atoms with Crippen LogP contribution in [0.25, 0.3) is 0 Å². The third-order valence-electron chi connectivity index (χ3n) is 2.94. The molecule has 1 saturated heterocycles. The number of hydrogen-bond acceptors (Lipinski definition) is 3. The highest BCUT2D eigenvalue weighted by Gasteiger charge is 2.17. The molecule has 4 heteroatoms. The molecule has 1 amide bonds. The van der Waals surface area contributed by atoms with Crippen molar-refractivity contribution in [2.75, 3.05) is 13.1 Å². The fraction of sp³-hybridized carbons (Fsp3) is 0.583. The highest BCUT2D eigenvalue weighted by Crippen LogP contribution is 2.21. The van der Waals surface area contributed by atoms with Gasteiger partial charge in [0.05, 0.1) is 4.88 Å². The molecule has 0 unspecified atom stereocenters. The predicted octanol–water partition coefficient (Wildman–Crippen LogP) is 3.44. The van der Waals surface area contributed by atoms with Gasteiger partial charge in [-0.25, -0.2) is 0 Å². The maximum absolute atomic E-state index is 12.2. The molecule has 0 N–H and O–H groups in total. The summed E-state index contributed by atoms with van der Waals surface area (Å²) in [6.07, 6.45) is 6.12. The van der Waals surface area contributed by atoms with Crippen LogP contribution in [0.5, 0.6) is 0 Å². The maximum atomic E-state index is 12.2. The highest BCUT2D eigenvalue weighted by atomic mass is 32.1. The number of carbonyl (C=O) groups excluding carboxylic acids is 1. The van der Waals surface area contributed by atoms with E-state index in [2.05, 4.69) is 12.6 Å². The Balaban J connectivity index is 2.01. The second kappa shape index (κ2) is 5.73. The summed E-state index contributed by atoms with van der Waals surface area (Å²) in [5.41, 5.74) is 0. The minimum atomic E-state index is 0.187. The summed E-state index contributed by atoms with van der Waals surface area (Å²) in [4.78, 5) is 15.9. The molecular weight excluding hydrogens is 238 g/mol. The molecule has 0 saturated carbocycles. The Labute approximate surface area is 106 Å². The van der Waals surface area contributed by atoms with Gasteiger partial charge in [-0.1, -0.05) is 19.3 Å². The van der Waals surface area contributed by atoms with Gasteiger partial charge in [0, 0.05) is 23.4 Å². The zero-order valence-corrected chi connectivity index (χ0v) is 11.0. The Kier molecular flexibility index (Phi) is 4.29. The topological polar surface area (TPSA) is 20.3 Å². The summed E-state index contributed by atoms with van der Waals surface area (Å²) in [5, 5.41) is 1.92. The van der Waals surface area contributed by atoms with Crippen LogP contribution in [0.4, 0.5) is 0 Å². The molecule has 2 rings (SSSR count). The van der Waals surface area contributed by atoms with Crippen molar-refractivity contribution in [2.24, 2.45) is 0 Å². The van der Waals surface area contributed by atoms with Crippen LogP contribution in [-0.2, 0) is 0 Å². The van der Waals surface area contributed by atoms with E-state index < -0.39 is 0 Å². The van der Waals surface area contributed by atoms with Gasteiger partial charge in [0.2, 0.25) is 0 Å². The van der Waals surface area contributed by atoms with Crippen LogP contribution < -0.4 is 0 Å². The van der Waals surface area contributed by atoms with Gasteiger partial charge in [0.15, 0.2) is 0 Å². The largest absolute Gasteiger partial charge is 0.338 e. The second-order valence-electron chi connectivity index (χ2n) is 4.23. The quantitative estimate of drug-likeness (QED) is 0.762. The molecule has 0 bridgehead atoms. The lowest BCUT2D eigenvalue weighted by molar-refractivity contribution is 0.0747. The first-order valence-electron chi connectivity index (χ1n) is 5.84. The number of likely N-dealkylation sites (tertiary alicyclic amines) is 1. The van der Waals surface area contributed by atoms with Crippen LogP contribution in [0, 0.1) is 0 Å². The standard InChI is InChI=1S/C12H17NOS2/c14-12(11-8-10(15)9-16-11)13-6-4-2-1-3-5-7-13/h8-9,15H,1-7H2. The van der Waals surface area contributed by atoms with Crippen molar-refractivity contribution in [3.05, 3.63) is 16.3 Å². The van der Waals surface area contributed by atoms with Crippen molar-refractivity contribution in [1.82, 2.24) is 4.90 Å². The molecule has 0 radical (unpaired) electrons. The highest BCUT2D eigenvalue weighted by molar-refractivity contribution is 7.80. The number of hydrogen-bond donors (Lipinski definition) is 1. The van der Waals surface area contributed by atoms with Crippen LogP contribution in [-0.4, -0.2) is 23.9 Å². The van der Waals surface area contributed by atoms with Gasteiger partial charge >= 0.3 is 0 Å². The summed E-state index contributed by atoms with van der Waals surface area (Å²) in [6, 6.07) is 1.87. The lowest BCUT2D eigenvalue weighted by Gasteiger charge is -2.24. The summed E-state index contributed by atoms with van der Waals surface area (Å²) in [7, 11) is 0. The van der Waals surface area contributed by atoms with Gasteiger partial charge in [0.1, 0.15) is 0 Å².